The molecular formula is C19H17Cl2NO5. The maximum absolute atomic E-state index is 11.8. The predicted molar refractivity (Wildman–Crippen MR) is 101 cm³/mol. The predicted octanol–water partition coefficient (Wildman–Crippen LogP) is 4.52. The molecule has 1 heterocycles. The number of halogens is 2. The Balaban J connectivity index is 2.09. The number of fused-ring (bicyclic) bond motifs is 1. The van der Waals surface area contributed by atoms with E-state index in [1.54, 1.807) is 24.3 Å². The molecule has 1 unspecified atom stereocenters. The van der Waals surface area contributed by atoms with E-state index in [9.17, 15) is 19.8 Å². The summed E-state index contributed by atoms with van der Waals surface area (Å²) in [6.07, 6.45) is -0.226. The topological polar surface area (TPSA) is 87.1 Å². The summed E-state index contributed by atoms with van der Waals surface area (Å²) in [5.74, 6) is -0.867. The first kappa shape index (κ1) is 19.3. The number of methoxy groups -OCH3 is 1. The summed E-state index contributed by atoms with van der Waals surface area (Å²) >= 11 is 12.0. The SMILES string of the molecule is COc1cc2c(cc1C(=O)O)C(Cc1ccc(Cl)c(Cl)c1)N(C(=O)O)CC2. The molecule has 2 N–H and O–H groups in total. The molecule has 27 heavy (non-hydrogen) atoms. The van der Waals surface area contributed by atoms with Gasteiger partial charge in [0.15, 0.2) is 0 Å². The minimum absolute atomic E-state index is 0.00243. The Kier molecular flexibility index (Phi) is 5.48. The lowest BCUT2D eigenvalue weighted by atomic mass is 9.87. The van der Waals surface area contributed by atoms with Crippen molar-refractivity contribution < 1.29 is 24.5 Å². The molecule has 0 saturated carbocycles. The molecule has 8 heteroatoms. The highest BCUT2D eigenvalue weighted by atomic mass is 35.5. The normalized spacial score (nSPS) is 16.0. The summed E-state index contributed by atoms with van der Waals surface area (Å²) < 4.78 is 5.19. The molecule has 0 bridgehead atoms. The van der Waals surface area contributed by atoms with Gasteiger partial charge in [0, 0.05) is 6.54 Å². The van der Waals surface area contributed by atoms with E-state index in [-0.39, 0.29) is 11.3 Å². The lowest BCUT2D eigenvalue weighted by molar-refractivity contribution is 0.0693. The summed E-state index contributed by atoms with van der Waals surface area (Å²) in [5.41, 5.74) is 2.34. The molecule has 1 atom stereocenters. The lowest BCUT2D eigenvalue weighted by Gasteiger charge is -2.36. The molecule has 0 saturated heterocycles. The van der Waals surface area contributed by atoms with Crippen LogP contribution in [-0.4, -0.2) is 40.8 Å². The molecule has 1 aliphatic rings. The van der Waals surface area contributed by atoms with Gasteiger partial charge in [-0.25, -0.2) is 9.59 Å². The monoisotopic (exact) mass is 409 g/mol. The van der Waals surface area contributed by atoms with Crippen molar-refractivity contribution in [2.75, 3.05) is 13.7 Å². The lowest BCUT2D eigenvalue weighted by Crippen LogP contribution is -2.40. The van der Waals surface area contributed by atoms with Crippen molar-refractivity contribution in [3.8, 4) is 5.75 Å². The number of rotatable bonds is 4. The van der Waals surface area contributed by atoms with Crippen LogP contribution in [0, 0.1) is 0 Å². The molecule has 0 aliphatic carbocycles. The van der Waals surface area contributed by atoms with Gasteiger partial charge in [0.25, 0.3) is 0 Å². The molecular weight excluding hydrogens is 393 g/mol. The zero-order valence-electron chi connectivity index (χ0n) is 14.4. The minimum atomic E-state index is -1.13. The van der Waals surface area contributed by atoms with E-state index in [2.05, 4.69) is 0 Å². The van der Waals surface area contributed by atoms with E-state index in [4.69, 9.17) is 27.9 Å². The van der Waals surface area contributed by atoms with Crippen LogP contribution in [-0.2, 0) is 12.8 Å². The Morgan fingerprint density at radius 3 is 2.52 bits per heavy atom. The third-order valence-electron chi connectivity index (χ3n) is 4.71. The first-order valence-electron chi connectivity index (χ1n) is 8.19. The first-order valence-corrected chi connectivity index (χ1v) is 8.95. The Hall–Kier alpha value is -2.44. The van der Waals surface area contributed by atoms with Crippen LogP contribution in [0.25, 0.3) is 0 Å². The fourth-order valence-corrected chi connectivity index (χ4v) is 3.73. The fraction of sp³-hybridized carbons (Fsp3) is 0.263. The number of nitrogens with zero attached hydrogens (tertiary/aromatic N) is 1. The molecule has 2 aromatic rings. The van der Waals surface area contributed by atoms with Gasteiger partial charge in [-0.1, -0.05) is 29.3 Å². The maximum Gasteiger partial charge on any atom is 0.407 e. The van der Waals surface area contributed by atoms with Crippen LogP contribution in [0.5, 0.6) is 5.75 Å². The number of aromatic carboxylic acids is 1. The Morgan fingerprint density at radius 1 is 1.19 bits per heavy atom. The van der Waals surface area contributed by atoms with E-state index >= 15 is 0 Å². The molecule has 2 aromatic carbocycles. The van der Waals surface area contributed by atoms with E-state index < -0.39 is 18.1 Å². The molecule has 1 aliphatic heterocycles. The van der Waals surface area contributed by atoms with Gasteiger partial charge >= 0.3 is 12.1 Å². The van der Waals surface area contributed by atoms with Gasteiger partial charge in [-0.05, 0) is 53.8 Å². The maximum atomic E-state index is 11.8. The molecule has 142 valence electrons. The van der Waals surface area contributed by atoms with E-state index in [1.165, 1.54) is 18.1 Å². The van der Waals surface area contributed by atoms with Crippen LogP contribution >= 0.6 is 23.2 Å². The first-order chi connectivity index (χ1) is 12.8. The summed E-state index contributed by atoms with van der Waals surface area (Å²) in [4.78, 5) is 24.7. The highest BCUT2D eigenvalue weighted by Crippen LogP contribution is 2.37. The molecule has 0 radical (unpaired) electrons. The average Bonchev–Trinajstić information content (AvgIpc) is 2.63. The fourth-order valence-electron chi connectivity index (χ4n) is 3.40. The van der Waals surface area contributed by atoms with Crippen molar-refractivity contribution in [3.05, 3.63) is 62.6 Å². The van der Waals surface area contributed by atoms with E-state index in [0.29, 0.717) is 35.0 Å². The standard InChI is InChI=1S/C19H17Cl2NO5/c1-27-17-8-11-4-5-22(19(25)26)16(12(11)9-13(17)18(23)24)7-10-2-3-14(20)15(21)6-10/h2-3,6,8-9,16H,4-5,7H2,1H3,(H,23,24)(H,25,26). The largest absolute Gasteiger partial charge is 0.496 e. The number of carboxylic acid groups (broad SMARTS) is 2. The summed E-state index contributed by atoms with van der Waals surface area (Å²) in [6, 6.07) is 7.79. The van der Waals surface area contributed by atoms with Crippen molar-refractivity contribution in [2.24, 2.45) is 0 Å². The number of carboxylic acids is 1. The third kappa shape index (κ3) is 3.82. The van der Waals surface area contributed by atoms with Crippen LogP contribution in [0.2, 0.25) is 10.0 Å². The summed E-state index contributed by atoms with van der Waals surface area (Å²) in [6.45, 7) is 0.309. The number of hydrogen-bond donors (Lipinski definition) is 2. The zero-order valence-corrected chi connectivity index (χ0v) is 15.9. The molecule has 0 aromatic heterocycles. The molecule has 6 nitrogen and oxygen atoms in total. The highest BCUT2D eigenvalue weighted by molar-refractivity contribution is 6.42. The summed E-state index contributed by atoms with van der Waals surface area (Å²) in [7, 11) is 1.41. The summed E-state index contributed by atoms with van der Waals surface area (Å²) in [5, 5.41) is 19.9. The number of carbonyl (C=O) groups is 2. The van der Waals surface area contributed by atoms with Gasteiger partial charge in [-0.2, -0.15) is 0 Å². The van der Waals surface area contributed by atoms with E-state index in [0.717, 1.165) is 11.1 Å². The number of ether oxygens (including phenoxy) is 1. The number of amides is 1. The Morgan fingerprint density at radius 2 is 1.93 bits per heavy atom. The van der Waals surface area contributed by atoms with Crippen LogP contribution in [0.1, 0.15) is 33.1 Å². The molecule has 0 fully saturated rings. The number of benzene rings is 2. The van der Waals surface area contributed by atoms with Crippen molar-refractivity contribution in [3.63, 3.8) is 0 Å². The van der Waals surface area contributed by atoms with Crippen LogP contribution in [0.15, 0.2) is 30.3 Å². The van der Waals surface area contributed by atoms with Gasteiger partial charge in [-0.3, -0.25) is 0 Å². The molecule has 3 rings (SSSR count). The third-order valence-corrected chi connectivity index (χ3v) is 5.45. The molecule has 1 amide bonds. The number of hydrogen-bond acceptors (Lipinski definition) is 3. The second-order valence-electron chi connectivity index (χ2n) is 6.25. The van der Waals surface area contributed by atoms with Crippen LogP contribution in [0.3, 0.4) is 0 Å². The Labute approximate surface area is 165 Å². The average molecular weight is 410 g/mol. The van der Waals surface area contributed by atoms with Crippen molar-refractivity contribution >= 4 is 35.3 Å². The second kappa shape index (κ2) is 7.66. The van der Waals surface area contributed by atoms with Gasteiger partial charge in [0.1, 0.15) is 11.3 Å². The van der Waals surface area contributed by atoms with Crippen molar-refractivity contribution in [2.45, 2.75) is 18.9 Å². The molecule has 0 spiro atoms. The smallest absolute Gasteiger partial charge is 0.407 e. The van der Waals surface area contributed by atoms with Gasteiger partial charge in [-0.15, -0.1) is 0 Å². The quantitative estimate of drug-likeness (QED) is 0.774. The van der Waals surface area contributed by atoms with Gasteiger partial charge in [0.05, 0.1) is 23.2 Å². The van der Waals surface area contributed by atoms with Gasteiger partial charge in [0.2, 0.25) is 0 Å². The van der Waals surface area contributed by atoms with Crippen LogP contribution in [0.4, 0.5) is 4.79 Å². The van der Waals surface area contributed by atoms with Crippen LogP contribution < -0.4 is 4.74 Å². The second-order valence-corrected chi connectivity index (χ2v) is 7.07. The van der Waals surface area contributed by atoms with Gasteiger partial charge < -0.3 is 19.8 Å². The van der Waals surface area contributed by atoms with E-state index in [1.807, 2.05) is 0 Å². The highest BCUT2D eigenvalue weighted by Gasteiger charge is 2.32. The Bertz CT molecular complexity index is 915. The minimum Gasteiger partial charge on any atom is -0.496 e. The van der Waals surface area contributed by atoms with Crippen molar-refractivity contribution in [1.82, 2.24) is 4.90 Å². The zero-order chi connectivity index (χ0) is 19.7. The van der Waals surface area contributed by atoms with Crippen molar-refractivity contribution in [1.29, 1.82) is 0 Å².